The highest BCUT2D eigenvalue weighted by atomic mass is 16.2. The molecule has 5 heteroatoms. The number of aromatic nitrogens is 2. The fourth-order valence-corrected chi connectivity index (χ4v) is 2.81. The molecule has 0 radical (unpaired) electrons. The van der Waals surface area contributed by atoms with Crippen LogP contribution in [0.15, 0.2) is 36.5 Å². The van der Waals surface area contributed by atoms with Gasteiger partial charge in [0, 0.05) is 36.5 Å². The van der Waals surface area contributed by atoms with Crippen molar-refractivity contribution in [3.63, 3.8) is 0 Å². The van der Waals surface area contributed by atoms with Crippen LogP contribution in [0.25, 0.3) is 0 Å². The number of piperidine rings is 1. The third-order valence-corrected chi connectivity index (χ3v) is 3.91. The van der Waals surface area contributed by atoms with Crippen molar-refractivity contribution in [1.29, 1.82) is 5.26 Å². The van der Waals surface area contributed by atoms with Crippen LogP contribution in [-0.4, -0.2) is 34.1 Å². The monoisotopic (exact) mass is 280 g/mol. The van der Waals surface area contributed by atoms with E-state index in [1.807, 2.05) is 11.0 Å². The van der Waals surface area contributed by atoms with Gasteiger partial charge in [0.25, 0.3) is 5.91 Å². The topological polar surface area (TPSA) is 72.8 Å². The van der Waals surface area contributed by atoms with Gasteiger partial charge in [0.2, 0.25) is 0 Å². The zero-order valence-electron chi connectivity index (χ0n) is 11.6. The van der Waals surface area contributed by atoms with Crippen LogP contribution in [0.4, 0.5) is 0 Å². The van der Waals surface area contributed by atoms with Crippen LogP contribution in [0.5, 0.6) is 0 Å². The lowest BCUT2D eigenvalue weighted by molar-refractivity contribution is 0.0706. The molecule has 1 aromatic carbocycles. The normalized spacial score (nSPS) is 18.2. The van der Waals surface area contributed by atoms with Crippen molar-refractivity contribution in [3.05, 3.63) is 53.3 Å². The van der Waals surface area contributed by atoms with Crippen molar-refractivity contribution in [2.24, 2.45) is 0 Å². The van der Waals surface area contributed by atoms with Gasteiger partial charge >= 0.3 is 0 Å². The van der Waals surface area contributed by atoms with Crippen LogP contribution < -0.4 is 0 Å². The fourth-order valence-electron chi connectivity index (χ4n) is 2.81. The Balaban J connectivity index is 1.76. The summed E-state index contributed by atoms with van der Waals surface area (Å²) in [6.07, 6.45) is 3.78. The van der Waals surface area contributed by atoms with Gasteiger partial charge in [0.15, 0.2) is 0 Å². The maximum absolute atomic E-state index is 12.6. The molecule has 0 bridgehead atoms. The molecule has 1 amide bonds. The van der Waals surface area contributed by atoms with E-state index in [1.54, 1.807) is 30.5 Å². The molecule has 106 valence electrons. The highest BCUT2D eigenvalue weighted by Crippen LogP contribution is 2.26. The first kappa shape index (κ1) is 13.4. The number of hydrogen-bond donors (Lipinski definition) is 1. The number of nitrogens with zero attached hydrogens (tertiary/aromatic N) is 3. The summed E-state index contributed by atoms with van der Waals surface area (Å²) >= 11 is 0. The van der Waals surface area contributed by atoms with E-state index in [2.05, 4.69) is 16.3 Å². The molecule has 1 aliphatic heterocycles. The summed E-state index contributed by atoms with van der Waals surface area (Å²) in [5.41, 5.74) is 2.18. The molecule has 2 aromatic rings. The van der Waals surface area contributed by atoms with Crippen molar-refractivity contribution in [2.75, 3.05) is 13.1 Å². The molecule has 1 atom stereocenters. The second-order valence-electron chi connectivity index (χ2n) is 5.29. The van der Waals surface area contributed by atoms with Gasteiger partial charge in [0.05, 0.1) is 11.6 Å². The zero-order chi connectivity index (χ0) is 14.7. The average molecular weight is 280 g/mol. The summed E-state index contributed by atoms with van der Waals surface area (Å²) < 4.78 is 0. The number of benzene rings is 1. The van der Waals surface area contributed by atoms with E-state index >= 15 is 0 Å². The molecule has 1 aromatic heterocycles. The van der Waals surface area contributed by atoms with Crippen LogP contribution >= 0.6 is 0 Å². The molecule has 0 unspecified atom stereocenters. The van der Waals surface area contributed by atoms with Crippen LogP contribution in [0, 0.1) is 11.3 Å². The lowest BCUT2D eigenvalue weighted by Crippen LogP contribution is -2.39. The highest BCUT2D eigenvalue weighted by molar-refractivity contribution is 5.94. The molecule has 1 N–H and O–H groups in total. The minimum atomic E-state index is -0.00341. The number of aromatic amines is 1. The molecule has 2 heterocycles. The van der Waals surface area contributed by atoms with Gasteiger partial charge in [-0.15, -0.1) is 0 Å². The van der Waals surface area contributed by atoms with Crippen molar-refractivity contribution in [2.45, 2.75) is 18.8 Å². The molecule has 1 saturated heterocycles. The number of hydrogen-bond acceptors (Lipinski definition) is 3. The van der Waals surface area contributed by atoms with Gasteiger partial charge in [-0.3, -0.25) is 9.89 Å². The molecular formula is C16H16N4O. The Kier molecular flexibility index (Phi) is 3.69. The average Bonchev–Trinajstić information content (AvgIpc) is 3.09. The van der Waals surface area contributed by atoms with Gasteiger partial charge in [-0.1, -0.05) is 6.07 Å². The molecular weight excluding hydrogens is 264 g/mol. The Morgan fingerprint density at radius 1 is 1.43 bits per heavy atom. The first-order valence-electron chi connectivity index (χ1n) is 7.06. The summed E-state index contributed by atoms with van der Waals surface area (Å²) in [5.74, 6) is 0.306. The molecule has 5 nitrogen and oxygen atoms in total. The van der Waals surface area contributed by atoms with Crippen molar-refractivity contribution < 1.29 is 4.79 Å². The SMILES string of the molecule is N#Cc1cccc(C(=O)N2CCC[C@@H](c3ccn[nH]3)C2)c1. The summed E-state index contributed by atoms with van der Waals surface area (Å²) in [4.78, 5) is 14.4. The third-order valence-electron chi connectivity index (χ3n) is 3.91. The predicted octanol–water partition coefficient (Wildman–Crippen LogP) is 2.30. The van der Waals surface area contributed by atoms with Gasteiger partial charge in [-0.05, 0) is 37.1 Å². The Morgan fingerprint density at radius 2 is 2.33 bits per heavy atom. The Morgan fingerprint density at radius 3 is 3.10 bits per heavy atom. The van der Waals surface area contributed by atoms with E-state index in [0.29, 0.717) is 23.6 Å². The third kappa shape index (κ3) is 2.79. The van der Waals surface area contributed by atoms with E-state index in [1.165, 1.54) is 0 Å². The number of nitrogens with one attached hydrogen (secondary N) is 1. The highest BCUT2D eigenvalue weighted by Gasteiger charge is 2.26. The van der Waals surface area contributed by atoms with E-state index in [0.717, 1.165) is 25.1 Å². The number of H-pyrrole nitrogens is 1. The molecule has 0 spiro atoms. The molecule has 21 heavy (non-hydrogen) atoms. The van der Waals surface area contributed by atoms with E-state index < -0.39 is 0 Å². The first-order chi connectivity index (χ1) is 10.3. The largest absolute Gasteiger partial charge is 0.338 e. The number of carbonyl (C=O) groups is 1. The summed E-state index contributed by atoms with van der Waals surface area (Å²) in [7, 11) is 0. The number of amides is 1. The molecule has 3 rings (SSSR count). The second kappa shape index (κ2) is 5.80. The van der Waals surface area contributed by atoms with Crippen LogP contribution in [-0.2, 0) is 0 Å². The maximum atomic E-state index is 12.6. The van der Waals surface area contributed by atoms with E-state index in [4.69, 9.17) is 5.26 Å². The minimum Gasteiger partial charge on any atom is -0.338 e. The van der Waals surface area contributed by atoms with Crippen LogP contribution in [0.2, 0.25) is 0 Å². The number of rotatable bonds is 2. The van der Waals surface area contributed by atoms with Crippen LogP contribution in [0.3, 0.4) is 0 Å². The predicted molar refractivity (Wildman–Crippen MR) is 77.6 cm³/mol. The number of likely N-dealkylation sites (tertiary alicyclic amines) is 1. The Bertz CT molecular complexity index is 672. The van der Waals surface area contributed by atoms with Crippen molar-refractivity contribution >= 4 is 5.91 Å². The van der Waals surface area contributed by atoms with Gasteiger partial charge in [-0.2, -0.15) is 10.4 Å². The molecule has 1 aliphatic rings. The van der Waals surface area contributed by atoms with Gasteiger partial charge < -0.3 is 4.90 Å². The van der Waals surface area contributed by atoms with E-state index in [9.17, 15) is 4.79 Å². The van der Waals surface area contributed by atoms with E-state index in [-0.39, 0.29) is 5.91 Å². The maximum Gasteiger partial charge on any atom is 0.253 e. The summed E-state index contributed by atoms with van der Waals surface area (Å²) in [6.45, 7) is 1.46. The molecule has 0 saturated carbocycles. The Hall–Kier alpha value is -2.61. The first-order valence-corrected chi connectivity index (χ1v) is 7.06. The Labute approximate surface area is 123 Å². The quantitative estimate of drug-likeness (QED) is 0.917. The smallest absolute Gasteiger partial charge is 0.253 e. The fraction of sp³-hybridized carbons (Fsp3) is 0.312. The van der Waals surface area contributed by atoms with Gasteiger partial charge in [0.1, 0.15) is 0 Å². The second-order valence-corrected chi connectivity index (χ2v) is 5.29. The van der Waals surface area contributed by atoms with Crippen molar-refractivity contribution in [3.8, 4) is 6.07 Å². The zero-order valence-corrected chi connectivity index (χ0v) is 11.6. The van der Waals surface area contributed by atoms with Crippen molar-refractivity contribution in [1.82, 2.24) is 15.1 Å². The number of carbonyl (C=O) groups excluding carboxylic acids is 1. The lowest BCUT2D eigenvalue weighted by Gasteiger charge is -2.32. The van der Waals surface area contributed by atoms with Gasteiger partial charge in [-0.25, -0.2) is 0 Å². The summed E-state index contributed by atoms with van der Waals surface area (Å²) in [6, 6.07) is 10.9. The summed E-state index contributed by atoms with van der Waals surface area (Å²) in [5, 5.41) is 15.9. The minimum absolute atomic E-state index is 0.00341. The standard InChI is InChI=1S/C16H16N4O/c17-10-12-3-1-4-13(9-12)16(21)20-8-2-5-14(11-20)15-6-7-18-19-15/h1,3-4,6-7,9,14H,2,5,8,11H2,(H,18,19)/t14-/m1/s1. The van der Waals surface area contributed by atoms with Crippen LogP contribution in [0.1, 0.15) is 40.4 Å². The lowest BCUT2D eigenvalue weighted by atomic mass is 9.94. The number of nitriles is 1. The molecule has 0 aliphatic carbocycles. The molecule has 1 fully saturated rings.